The predicted molar refractivity (Wildman–Crippen MR) is 121 cm³/mol. The van der Waals surface area contributed by atoms with E-state index in [1.165, 1.54) is 24.0 Å². The van der Waals surface area contributed by atoms with Crippen LogP contribution in [0.4, 0.5) is 17.6 Å². The van der Waals surface area contributed by atoms with Crippen LogP contribution in [0.15, 0.2) is 30.3 Å². The number of aromatic nitrogens is 2. The molecular formula is C21H28N6OS. The number of fused-ring (bicyclic) bond motifs is 1. The van der Waals surface area contributed by atoms with Gasteiger partial charge in [-0.05, 0) is 42.6 Å². The first-order valence-corrected chi connectivity index (χ1v) is 10.6. The summed E-state index contributed by atoms with van der Waals surface area (Å²) in [5.74, 6) is 2.44. The molecule has 2 N–H and O–H groups in total. The van der Waals surface area contributed by atoms with E-state index in [1.54, 1.807) is 7.11 Å². The Kier molecular flexibility index (Phi) is 6.41. The molecule has 2 aliphatic rings. The highest BCUT2D eigenvalue weighted by atomic mass is 32.1. The number of benzene rings is 1. The molecule has 4 rings (SSSR count). The third-order valence-electron chi connectivity index (χ3n) is 5.33. The molecule has 2 aromatic rings. The zero-order valence-corrected chi connectivity index (χ0v) is 17.7. The largest absolute Gasteiger partial charge is 0.385 e. The predicted octanol–water partition coefficient (Wildman–Crippen LogP) is 2.92. The van der Waals surface area contributed by atoms with Gasteiger partial charge in [0.2, 0.25) is 5.95 Å². The van der Waals surface area contributed by atoms with Gasteiger partial charge in [-0.15, -0.1) is 0 Å². The van der Waals surface area contributed by atoms with E-state index in [0.717, 1.165) is 50.8 Å². The van der Waals surface area contributed by atoms with Crippen LogP contribution in [0.5, 0.6) is 0 Å². The summed E-state index contributed by atoms with van der Waals surface area (Å²) in [5, 5.41) is 6.90. The Balaban J connectivity index is 1.51. The quantitative estimate of drug-likeness (QED) is 0.532. The molecular weight excluding hydrogens is 384 g/mol. The lowest BCUT2D eigenvalue weighted by atomic mass is 10.1. The lowest BCUT2D eigenvalue weighted by molar-refractivity contribution is 0.196. The third kappa shape index (κ3) is 4.94. The smallest absolute Gasteiger partial charge is 0.232 e. The van der Waals surface area contributed by atoms with Crippen molar-refractivity contribution in [2.24, 2.45) is 0 Å². The molecule has 0 radical (unpaired) electrons. The van der Waals surface area contributed by atoms with Crippen molar-refractivity contribution in [2.45, 2.75) is 32.4 Å². The van der Waals surface area contributed by atoms with Crippen LogP contribution in [0.2, 0.25) is 0 Å². The summed E-state index contributed by atoms with van der Waals surface area (Å²) in [6.45, 7) is 5.26. The van der Waals surface area contributed by atoms with Gasteiger partial charge in [-0.25, -0.2) is 0 Å². The first kappa shape index (κ1) is 19.8. The summed E-state index contributed by atoms with van der Waals surface area (Å²) >= 11 is 5.43. The molecule has 0 unspecified atom stereocenters. The number of ether oxygens (including phenoxy) is 1. The van der Waals surface area contributed by atoms with E-state index in [1.807, 2.05) is 0 Å². The van der Waals surface area contributed by atoms with Crippen molar-refractivity contribution < 1.29 is 4.74 Å². The molecule has 0 amide bonds. The highest BCUT2D eigenvalue weighted by molar-refractivity contribution is 7.80. The van der Waals surface area contributed by atoms with Crippen LogP contribution in [0, 0.1) is 0 Å². The SMILES string of the molecule is COCCCNC(=S)Nc1nc(N2CCCC2)cc(N2Cc3ccccc3C2)n1. The number of methoxy groups -OCH3 is 1. The second kappa shape index (κ2) is 9.37. The lowest BCUT2D eigenvalue weighted by Crippen LogP contribution is -2.31. The molecule has 8 heteroatoms. The van der Waals surface area contributed by atoms with Gasteiger partial charge in [0.25, 0.3) is 0 Å². The third-order valence-corrected chi connectivity index (χ3v) is 5.58. The molecule has 1 saturated heterocycles. The zero-order valence-electron chi connectivity index (χ0n) is 16.9. The van der Waals surface area contributed by atoms with E-state index in [4.69, 9.17) is 26.9 Å². The molecule has 7 nitrogen and oxygen atoms in total. The standard InChI is InChI=1S/C21H28N6OS/c1-28-12-6-9-22-21(29)25-20-23-18(26-10-4-5-11-26)13-19(24-20)27-14-16-7-2-3-8-17(16)15-27/h2-3,7-8,13H,4-6,9-12,14-15H2,1H3,(H2,22,23,24,25,29). The van der Waals surface area contributed by atoms with Crippen molar-refractivity contribution in [3.05, 3.63) is 41.5 Å². The van der Waals surface area contributed by atoms with Crippen molar-refractivity contribution in [1.29, 1.82) is 0 Å². The Hall–Kier alpha value is -2.45. The second-order valence-electron chi connectivity index (χ2n) is 7.45. The van der Waals surface area contributed by atoms with Crippen molar-refractivity contribution in [3.8, 4) is 0 Å². The van der Waals surface area contributed by atoms with Gasteiger partial charge in [0.15, 0.2) is 5.11 Å². The number of nitrogens with one attached hydrogen (secondary N) is 2. The number of rotatable bonds is 7. The maximum Gasteiger partial charge on any atom is 0.232 e. The molecule has 0 spiro atoms. The molecule has 0 aliphatic carbocycles. The van der Waals surface area contributed by atoms with Crippen molar-refractivity contribution >= 4 is 34.9 Å². The summed E-state index contributed by atoms with van der Waals surface area (Å²) in [6.07, 6.45) is 3.30. The fraction of sp³-hybridized carbons (Fsp3) is 0.476. The number of anilines is 3. The van der Waals surface area contributed by atoms with Crippen LogP contribution in [0.25, 0.3) is 0 Å². The van der Waals surface area contributed by atoms with Crippen molar-refractivity contribution in [1.82, 2.24) is 15.3 Å². The monoisotopic (exact) mass is 412 g/mol. The van der Waals surface area contributed by atoms with Crippen LogP contribution in [-0.2, 0) is 17.8 Å². The Morgan fingerprint density at radius 2 is 1.72 bits per heavy atom. The van der Waals surface area contributed by atoms with Gasteiger partial charge in [0.1, 0.15) is 11.6 Å². The molecule has 1 aromatic heterocycles. The van der Waals surface area contributed by atoms with E-state index in [2.05, 4.69) is 50.8 Å². The summed E-state index contributed by atoms with van der Waals surface area (Å²) in [4.78, 5) is 14.2. The van der Waals surface area contributed by atoms with Gasteiger partial charge < -0.3 is 25.2 Å². The first-order valence-electron chi connectivity index (χ1n) is 10.2. The summed E-state index contributed by atoms with van der Waals surface area (Å²) in [6, 6.07) is 10.7. The Bertz CT molecular complexity index is 830. The number of thiocarbonyl (C=S) groups is 1. The van der Waals surface area contributed by atoms with Gasteiger partial charge in [0, 0.05) is 52.5 Å². The fourth-order valence-corrected chi connectivity index (χ4v) is 4.00. The van der Waals surface area contributed by atoms with Crippen LogP contribution >= 0.6 is 12.2 Å². The minimum Gasteiger partial charge on any atom is -0.385 e. The van der Waals surface area contributed by atoms with Crippen LogP contribution in [0.3, 0.4) is 0 Å². The maximum absolute atomic E-state index is 5.43. The van der Waals surface area contributed by atoms with Crippen molar-refractivity contribution in [2.75, 3.05) is 48.5 Å². The highest BCUT2D eigenvalue weighted by Gasteiger charge is 2.23. The molecule has 29 heavy (non-hydrogen) atoms. The average molecular weight is 413 g/mol. The van der Waals surface area contributed by atoms with Crippen LogP contribution < -0.4 is 20.4 Å². The highest BCUT2D eigenvalue weighted by Crippen LogP contribution is 2.30. The van der Waals surface area contributed by atoms with E-state index in [0.29, 0.717) is 17.7 Å². The van der Waals surface area contributed by atoms with E-state index in [-0.39, 0.29) is 0 Å². The Labute approximate surface area is 177 Å². The van der Waals surface area contributed by atoms with E-state index >= 15 is 0 Å². The maximum atomic E-state index is 5.43. The topological polar surface area (TPSA) is 65.6 Å². The van der Waals surface area contributed by atoms with E-state index < -0.39 is 0 Å². The summed E-state index contributed by atoms with van der Waals surface area (Å²) < 4.78 is 5.07. The molecule has 1 aromatic carbocycles. The van der Waals surface area contributed by atoms with Gasteiger partial charge in [-0.2, -0.15) is 9.97 Å². The number of hydrogen-bond acceptors (Lipinski definition) is 6. The number of hydrogen-bond donors (Lipinski definition) is 2. The molecule has 0 saturated carbocycles. The van der Waals surface area contributed by atoms with Crippen LogP contribution in [0.1, 0.15) is 30.4 Å². The first-order chi connectivity index (χ1) is 14.2. The second-order valence-corrected chi connectivity index (χ2v) is 7.86. The van der Waals surface area contributed by atoms with Gasteiger partial charge in [-0.3, -0.25) is 0 Å². The van der Waals surface area contributed by atoms with Gasteiger partial charge in [-0.1, -0.05) is 24.3 Å². The minimum atomic E-state index is 0.537. The van der Waals surface area contributed by atoms with Gasteiger partial charge >= 0.3 is 0 Å². The summed E-state index contributed by atoms with van der Waals surface area (Å²) in [7, 11) is 1.70. The Morgan fingerprint density at radius 3 is 2.38 bits per heavy atom. The van der Waals surface area contributed by atoms with Gasteiger partial charge in [0.05, 0.1) is 0 Å². The normalized spacial score (nSPS) is 15.5. The van der Waals surface area contributed by atoms with Crippen LogP contribution in [-0.4, -0.2) is 48.4 Å². The zero-order chi connectivity index (χ0) is 20.1. The Morgan fingerprint density at radius 1 is 1.07 bits per heavy atom. The summed E-state index contributed by atoms with van der Waals surface area (Å²) in [5.41, 5.74) is 2.72. The fourth-order valence-electron chi connectivity index (χ4n) is 3.81. The average Bonchev–Trinajstić information content (AvgIpc) is 3.41. The molecule has 1 fully saturated rings. The minimum absolute atomic E-state index is 0.537. The molecule has 154 valence electrons. The lowest BCUT2D eigenvalue weighted by Gasteiger charge is -2.22. The number of nitrogens with zero attached hydrogens (tertiary/aromatic N) is 4. The van der Waals surface area contributed by atoms with E-state index in [9.17, 15) is 0 Å². The van der Waals surface area contributed by atoms with Crippen molar-refractivity contribution in [3.63, 3.8) is 0 Å². The molecule has 3 heterocycles. The molecule has 0 bridgehead atoms. The molecule has 0 atom stereocenters. The molecule has 2 aliphatic heterocycles.